The van der Waals surface area contributed by atoms with Crippen LogP contribution in [0.1, 0.15) is 25.3 Å². The monoisotopic (exact) mass is 254 g/mol. The zero-order valence-electron chi connectivity index (χ0n) is 8.50. The maximum absolute atomic E-state index is 5.76. The van der Waals surface area contributed by atoms with E-state index in [0.29, 0.717) is 17.3 Å². The SMILES string of the molecule is CC1(C)C(CN)C1c1ccncc1Br. The number of hydrogen-bond donors (Lipinski definition) is 1. The fourth-order valence-electron chi connectivity index (χ4n) is 2.44. The molecule has 1 aliphatic carbocycles. The third kappa shape index (κ3) is 1.39. The lowest BCUT2D eigenvalue weighted by molar-refractivity contribution is 0.558. The molecule has 2 atom stereocenters. The van der Waals surface area contributed by atoms with E-state index >= 15 is 0 Å². The third-order valence-corrected chi connectivity index (χ3v) is 4.11. The zero-order valence-corrected chi connectivity index (χ0v) is 10.1. The summed E-state index contributed by atoms with van der Waals surface area (Å²) in [5.41, 5.74) is 7.45. The Kier molecular flexibility index (Phi) is 2.40. The van der Waals surface area contributed by atoms with Crippen LogP contribution in [0.4, 0.5) is 0 Å². The summed E-state index contributed by atoms with van der Waals surface area (Å²) in [4.78, 5) is 4.08. The molecule has 1 aliphatic rings. The van der Waals surface area contributed by atoms with E-state index < -0.39 is 0 Å². The van der Waals surface area contributed by atoms with Crippen molar-refractivity contribution in [3.05, 3.63) is 28.5 Å². The molecule has 14 heavy (non-hydrogen) atoms. The van der Waals surface area contributed by atoms with E-state index in [1.807, 2.05) is 12.4 Å². The van der Waals surface area contributed by atoms with Crippen LogP contribution in [0.25, 0.3) is 0 Å². The van der Waals surface area contributed by atoms with Crippen molar-refractivity contribution in [2.24, 2.45) is 17.1 Å². The minimum absolute atomic E-state index is 0.346. The highest BCUT2D eigenvalue weighted by Crippen LogP contribution is 2.64. The lowest BCUT2D eigenvalue weighted by Crippen LogP contribution is -2.05. The molecule has 0 aromatic carbocycles. The van der Waals surface area contributed by atoms with Gasteiger partial charge in [0.15, 0.2) is 0 Å². The standard InChI is InChI=1S/C11H15BrN2/c1-11(2)8(5-13)10(11)7-3-4-14-6-9(7)12/h3-4,6,8,10H,5,13H2,1-2H3. The molecule has 2 N–H and O–H groups in total. The lowest BCUT2D eigenvalue weighted by Gasteiger charge is -2.04. The normalized spacial score (nSPS) is 28.9. The second-order valence-electron chi connectivity index (χ2n) is 4.54. The average Bonchev–Trinajstić information content (AvgIpc) is 2.69. The van der Waals surface area contributed by atoms with E-state index in [4.69, 9.17) is 5.73 Å². The largest absolute Gasteiger partial charge is 0.330 e. The second-order valence-corrected chi connectivity index (χ2v) is 5.39. The van der Waals surface area contributed by atoms with E-state index in [2.05, 4.69) is 40.8 Å². The summed E-state index contributed by atoms with van der Waals surface area (Å²) in [7, 11) is 0. The molecular weight excluding hydrogens is 240 g/mol. The number of nitrogens with zero attached hydrogens (tertiary/aromatic N) is 1. The van der Waals surface area contributed by atoms with Crippen LogP contribution in [-0.4, -0.2) is 11.5 Å². The number of halogens is 1. The average molecular weight is 255 g/mol. The molecule has 2 unspecified atom stereocenters. The molecule has 1 saturated carbocycles. The van der Waals surface area contributed by atoms with Gasteiger partial charge in [-0.2, -0.15) is 0 Å². The van der Waals surface area contributed by atoms with Crippen molar-refractivity contribution in [2.75, 3.05) is 6.54 Å². The topological polar surface area (TPSA) is 38.9 Å². The summed E-state index contributed by atoms with van der Waals surface area (Å²) in [5.74, 6) is 1.20. The van der Waals surface area contributed by atoms with E-state index in [1.165, 1.54) is 5.56 Å². The molecule has 0 aliphatic heterocycles. The molecule has 76 valence electrons. The van der Waals surface area contributed by atoms with Gasteiger partial charge in [0.05, 0.1) is 0 Å². The highest BCUT2D eigenvalue weighted by molar-refractivity contribution is 9.10. The first kappa shape index (κ1) is 10.1. The van der Waals surface area contributed by atoms with Crippen LogP contribution in [0.2, 0.25) is 0 Å². The van der Waals surface area contributed by atoms with E-state index in [-0.39, 0.29) is 0 Å². The van der Waals surface area contributed by atoms with Crippen molar-refractivity contribution in [3.8, 4) is 0 Å². The number of rotatable bonds is 2. The Morgan fingerprint density at radius 1 is 1.57 bits per heavy atom. The number of pyridine rings is 1. The van der Waals surface area contributed by atoms with Gasteiger partial charge in [0.2, 0.25) is 0 Å². The molecule has 0 saturated heterocycles. The molecule has 0 radical (unpaired) electrons. The Morgan fingerprint density at radius 2 is 2.29 bits per heavy atom. The number of aromatic nitrogens is 1. The van der Waals surface area contributed by atoms with Crippen LogP contribution in [0.5, 0.6) is 0 Å². The molecule has 1 heterocycles. The smallest absolute Gasteiger partial charge is 0.0413 e. The van der Waals surface area contributed by atoms with Crippen LogP contribution in [0.15, 0.2) is 22.9 Å². The van der Waals surface area contributed by atoms with E-state index in [9.17, 15) is 0 Å². The first-order valence-corrected chi connectivity index (χ1v) is 5.67. The molecule has 1 aromatic heterocycles. The van der Waals surface area contributed by atoms with Gasteiger partial charge < -0.3 is 5.73 Å². The van der Waals surface area contributed by atoms with E-state index in [1.54, 1.807) is 0 Å². The molecule has 3 heteroatoms. The van der Waals surface area contributed by atoms with E-state index in [0.717, 1.165) is 11.0 Å². The maximum Gasteiger partial charge on any atom is 0.0413 e. The van der Waals surface area contributed by atoms with Gasteiger partial charge in [0.1, 0.15) is 0 Å². The van der Waals surface area contributed by atoms with Gasteiger partial charge in [-0.3, -0.25) is 4.98 Å². The second kappa shape index (κ2) is 3.31. The third-order valence-electron chi connectivity index (χ3n) is 3.44. The molecule has 1 fully saturated rings. The van der Waals surface area contributed by atoms with Crippen molar-refractivity contribution in [3.63, 3.8) is 0 Å². The number of nitrogens with two attached hydrogens (primary N) is 1. The highest BCUT2D eigenvalue weighted by atomic mass is 79.9. The predicted molar refractivity (Wildman–Crippen MR) is 61.0 cm³/mol. The van der Waals surface area contributed by atoms with Crippen LogP contribution < -0.4 is 5.73 Å². The molecule has 2 nitrogen and oxygen atoms in total. The van der Waals surface area contributed by atoms with Crippen LogP contribution in [0.3, 0.4) is 0 Å². The summed E-state index contributed by atoms with van der Waals surface area (Å²) in [6.07, 6.45) is 3.71. The van der Waals surface area contributed by atoms with Crippen molar-refractivity contribution in [2.45, 2.75) is 19.8 Å². The molecule has 2 rings (SSSR count). The summed E-state index contributed by atoms with van der Waals surface area (Å²) in [6.45, 7) is 5.33. The predicted octanol–water partition coefficient (Wildman–Crippen LogP) is 2.54. The Morgan fingerprint density at radius 3 is 2.79 bits per heavy atom. The first-order chi connectivity index (χ1) is 6.59. The minimum atomic E-state index is 0.346. The van der Waals surface area contributed by atoms with Gasteiger partial charge in [-0.1, -0.05) is 13.8 Å². The van der Waals surface area contributed by atoms with Gasteiger partial charge in [0, 0.05) is 16.9 Å². The molecular formula is C11H15BrN2. The van der Waals surface area contributed by atoms with Crippen molar-refractivity contribution >= 4 is 15.9 Å². The Balaban J connectivity index is 2.31. The van der Waals surface area contributed by atoms with Gasteiger partial charge in [-0.15, -0.1) is 0 Å². The van der Waals surface area contributed by atoms with Crippen molar-refractivity contribution < 1.29 is 0 Å². The molecule has 0 amide bonds. The van der Waals surface area contributed by atoms with Gasteiger partial charge in [-0.25, -0.2) is 0 Å². The Labute approximate surface area is 93.0 Å². The summed E-state index contributed by atoms with van der Waals surface area (Å²) < 4.78 is 1.11. The van der Waals surface area contributed by atoms with Crippen molar-refractivity contribution in [1.29, 1.82) is 0 Å². The van der Waals surface area contributed by atoms with Gasteiger partial charge in [0.25, 0.3) is 0 Å². The molecule has 0 bridgehead atoms. The zero-order chi connectivity index (χ0) is 10.3. The van der Waals surface area contributed by atoms with Crippen LogP contribution >= 0.6 is 15.9 Å². The van der Waals surface area contributed by atoms with Gasteiger partial charge >= 0.3 is 0 Å². The highest BCUT2D eigenvalue weighted by Gasteiger charge is 2.57. The first-order valence-electron chi connectivity index (χ1n) is 4.88. The summed E-state index contributed by atoms with van der Waals surface area (Å²) >= 11 is 3.54. The van der Waals surface area contributed by atoms with Crippen molar-refractivity contribution in [1.82, 2.24) is 4.98 Å². The molecule has 1 aromatic rings. The molecule has 0 spiro atoms. The fourth-order valence-corrected chi connectivity index (χ4v) is 2.94. The summed E-state index contributed by atoms with van der Waals surface area (Å²) in [6, 6.07) is 2.09. The Hall–Kier alpha value is -0.410. The number of hydrogen-bond acceptors (Lipinski definition) is 2. The lowest BCUT2D eigenvalue weighted by atomic mass is 10.0. The summed E-state index contributed by atoms with van der Waals surface area (Å²) in [5, 5.41) is 0. The maximum atomic E-state index is 5.76. The Bertz CT molecular complexity index is 349. The quantitative estimate of drug-likeness (QED) is 0.881. The minimum Gasteiger partial charge on any atom is -0.330 e. The van der Waals surface area contributed by atoms with Crippen LogP contribution in [0, 0.1) is 11.3 Å². The fraction of sp³-hybridized carbons (Fsp3) is 0.545. The van der Waals surface area contributed by atoms with Gasteiger partial charge in [-0.05, 0) is 51.4 Å². The van der Waals surface area contributed by atoms with Crippen LogP contribution in [-0.2, 0) is 0 Å².